The van der Waals surface area contributed by atoms with Crippen LogP contribution in [0.5, 0.6) is 0 Å². The lowest BCUT2D eigenvalue weighted by Gasteiger charge is -2.13. The van der Waals surface area contributed by atoms with Crippen LogP contribution in [0.3, 0.4) is 0 Å². The normalized spacial score (nSPS) is 12.2. The van der Waals surface area contributed by atoms with Gasteiger partial charge in [0.05, 0.1) is 0 Å². The maximum Gasteiger partial charge on any atom is 0.246 e. The molecule has 3 N–H and O–H groups in total. The number of thiophene rings is 1. The predicted octanol–water partition coefficient (Wildman–Crippen LogP) is 3.46. The Morgan fingerprint density at radius 3 is 2.83 bits per heavy atom. The number of carbonyl (C=O) groups is 1. The topological polar surface area (TPSA) is 55.1 Å². The van der Waals surface area contributed by atoms with Gasteiger partial charge in [0.25, 0.3) is 0 Å². The molecular weight excluding hydrogens is 312 g/mol. The molecule has 1 heterocycles. The summed E-state index contributed by atoms with van der Waals surface area (Å²) >= 11 is 4.91. The summed E-state index contributed by atoms with van der Waals surface area (Å²) in [6.45, 7) is 1.94. The van der Waals surface area contributed by atoms with Gasteiger partial charge in [-0.05, 0) is 36.1 Å². The second-order valence-electron chi connectivity index (χ2n) is 3.89. The third-order valence-corrected chi connectivity index (χ3v) is 4.47. The van der Waals surface area contributed by atoms with Crippen LogP contribution in [0.2, 0.25) is 0 Å². The van der Waals surface area contributed by atoms with Gasteiger partial charge in [-0.25, -0.2) is 0 Å². The lowest BCUT2D eigenvalue weighted by molar-refractivity contribution is -0.117. The molecular formula is C13H13BrN2OS. The molecule has 0 aliphatic carbocycles. The molecule has 1 atom stereocenters. The number of hydrogen-bond acceptors (Lipinski definition) is 3. The van der Waals surface area contributed by atoms with Gasteiger partial charge in [-0.15, -0.1) is 11.3 Å². The van der Waals surface area contributed by atoms with Crippen LogP contribution in [0.15, 0.2) is 40.2 Å². The van der Waals surface area contributed by atoms with Gasteiger partial charge in [0, 0.05) is 15.0 Å². The van der Waals surface area contributed by atoms with E-state index in [4.69, 9.17) is 5.73 Å². The van der Waals surface area contributed by atoms with E-state index >= 15 is 0 Å². The van der Waals surface area contributed by atoms with Crippen LogP contribution in [-0.4, -0.2) is 5.91 Å². The number of nitrogens with one attached hydrogen (secondary N) is 1. The zero-order valence-electron chi connectivity index (χ0n) is 9.81. The Morgan fingerprint density at radius 2 is 2.17 bits per heavy atom. The van der Waals surface area contributed by atoms with Gasteiger partial charge < -0.3 is 11.1 Å². The number of nitrogens with two attached hydrogens (primary N) is 1. The molecule has 3 nitrogen and oxygen atoms in total. The van der Waals surface area contributed by atoms with Gasteiger partial charge in [0.2, 0.25) is 5.91 Å². The molecule has 5 heteroatoms. The molecule has 1 aromatic carbocycles. The van der Waals surface area contributed by atoms with Crippen LogP contribution >= 0.6 is 27.3 Å². The molecule has 1 aromatic heterocycles. The summed E-state index contributed by atoms with van der Waals surface area (Å²) in [7, 11) is 0. The van der Waals surface area contributed by atoms with Crippen LogP contribution in [0, 0.1) is 6.92 Å². The Kier molecular flexibility index (Phi) is 4.16. The molecule has 94 valence electrons. The number of hydrogen-bond donors (Lipinski definition) is 2. The van der Waals surface area contributed by atoms with Crippen LogP contribution in [0.1, 0.15) is 16.5 Å². The zero-order valence-corrected chi connectivity index (χ0v) is 12.2. The van der Waals surface area contributed by atoms with Crippen molar-refractivity contribution in [3.8, 4) is 0 Å². The van der Waals surface area contributed by atoms with Gasteiger partial charge in [-0.1, -0.05) is 28.1 Å². The second kappa shape index (κ2) is 5.65. The summed E-state index contributed by atoms with van der Waals surface area (Å²) < 4.78 is 0.963. The number of rotatable bonds is 3. The summed E-state index contributed by atoms with van der Waals surface area (Å²) in [6.07, 6.45) is 0. The third kappa shape index (κ3) is 2.80. The number of amides is 1. The smallest absolute Gasteiger partial charge is 0.246 e. The van der Waals surface area contributed by atoms with Gasteiger partial charge in [0.15, 0.2) is 0 Å². The molecule has 0 saturated heterocycles. The molecule has 2 rings (SSSR count). The van der Waals surface area contributed by atoms with Gasteiger partial charge >= 0.3 is 0 Å². The Balaban J connectivity index is 2.14. The van der Waals surface area contributed by atoms with E-state index in [2.05, 4.69) is 21.2 Å². The first kappa shape index (κ1) is 13.3. The van der Waals surface area contributed by atoms with E-state index in [-0.39, 0.29) is 5.91 Å². The molecule has 0 spiro atoms. The summed E-state index contributed by atoms with van der Waals surface area (Å²) in [5, 5.41) is 4.76. The Bertz CT molecular complexity index is 554. The Morgan fingerprint density at radius 1 is 1.39 bits per heavy atom. The monoisotopic (exact) mass is 324 g/mol. The molecule has 0 bridgehead atoms. The van der Waals surface area contributed by atoms with Crippen LogP contribution in [-0.2, 0) is 4.79 Å². The highest BCUT2D eigenvalue weighted by Gasteiger charge is 2.17. The van der Waals surface area contributed by atoms with E-state index < -0.39 is 6.04 Å². The average Bonchev–Trinajstić information content (AvgIpc) is 2.87. The molecule has 2 aromatic rings. The number of halogens is 1. The highest BCUT2D eigenvalue weighted by molar-refractivity contribution is 9.10. The van der Waals surface area contributed by atoms with Crippen molar-refractivity contribution in [2.75, 3.05) is 5.32 Å². The van der Waals surface area contributed by atoms with Gasteiger partial charge in [0.1, 0.15) is 6.04 Å². The Labute approximate surface area is 118 Å². The van der Waals surface area contributed by atoms with Crippen molar-refractivity contribution >= 4 is 38.9 Å². The summed E-state index contributed by atoms with van der Waals surface area (Å²) in [6, 6.07) is 8.80. The summed E-state index contributed by atoms with van der Waals surface area (Å²) in [5.41, 5.74) is 7.67. The minimum Gasteiger partial charge on any atom is -0.324 e. The fraction of sp³-hybridized carbons (Fsp3) is 0.154. The highest BCUT2D eigenvalue weighted by atomic mass is 79.9. The molecule has 1 amide bonds. The van der Waals surface area contributed by atoms with E-state index in [0.29, 0.717) is 0 Å². The number of anilines is 1. The SMILES string of the molecule is Cc1c(Br)cccc1NC(=O)C(N)c1cccs1. The van der Waals surface area contributed by atoms with Crippen molar-refractivity contribution < 1.29 is 4.79 Å². The molecule has 1 unspecified atom stereocenters. The van der Waals surface area contributed by atoms with Crippen LogP contribution < -0.4 is 11.1 Å². The maximum absolute atomic E-state index is 12.0. The number of benzene rings is 1. The largest absolute Gasteiger partial charge is 0.324 e. The predicted molar refractivity (Wildman–Crippen MR) is 78.8 cm³/mol. The van der Waals surface area contributed by atoms with Crippen molar-refractivity contribution in [3.05, 3.63) is 50.6 Å². The van der Waals surface area contributed by atoms with E-state index in [1.165, 1.54) is 11.3 Å². The third-order valence-electron chi connectivity index (χ3n) is 2.66. The minimum atomic E-state index is -0.622. The lowest BCUT2D eigenvalue weighted by Crippen LogP contribution is -2.27. The first-order valence-corrected chi connectivity index (χ1v) is 7.12. The second-order valence-corrected chi connectivity index (χ2v) is 5.73. The van der Waals surface area contributed by atoms with E-state index in [1.807, 2.05) is 42.6 Å². The minimum absolute atomic E-state index is 0.196. The van der Waals surface area contributed by atoms with Crippen molar-refractivity contribution in [3.63, 3.8) is 0 Å². The molecule has 0 aliphatic rings. The van der Waals surface area contributed by atoms with Crippen LogP contribution in [0.25, 0.3) is 0 Å². The zero-order chi connectivity index (χ0) is 13.1. The molecule has 0 saturated carbocycles. The summed E-state index contributed by atoms with van der Waals surface area (Å²) in [5.74, 6) is -0.196. The van der Waals surface area contributed by atoms with Crippen molar-refractivity contribution in [1.82, 2.24) is 0 Å². The first-order chi connectivity index (χ1) is 8.59. The standard InChI is InChI=1S/C13H13BrN2OS/c1-8-9(14)4-2-5-10(8)16-13(17)12(15)11-6-3-7-18-11/h2-7,12H,15H2,1H3,(H,16,17). The van der Waals surface area contributed by atoms with Crippen molar-refractivity contribution in [1.29, 1.82) is 0 Å². The Hall–Kier alpha value is -1.17. The number of carbonyl (C=O) groups excluding carboxylic acids is 1. The highest BCUT2D eigenvalue weighted by Crippen LogP contribution is 2.25. The maximum atomic E-state index is 12.0. The first-order valence-electron chi connectivity index (χ1n) is 5.44. The lowest BCUT2D eigenvalue weighted by atomic mass is 10.2. The fourth-order valence-corrected chi connectivity index (χ4v) is 2.64. The molecule has 0 radical (unpaired) electrons. The quantitative estimate of drug-likeness (QED) is 0.908. The van der Waals surface area contributed by atoms with Crippen molar-refractivity contribution in [2.24, 2.45) is 5.73 Å². The molecule has 0 fully saturated rings. The van der Waals surface area contributed by atoms with Crippen LogP contribution in [0.4, 0.5) is 5.69 Å². The van der Waals surface area contributed by atoms with Gasteiger partial charge in [-0.2, -0.15) is 0 Å². The van der Waals surface area contributed by atoms with Crippen molar-refractivity contribution in [2.45, 2.75) is 13.0 Å². The molecule has 0 aliphatic heterocycles. The average molecular weight is 325 g/mol. The fourth-order valence-electron chi connectivity index (χ4n) is 1.55. The summed E-state index contributed by atoms with van der Waals surface area (Å²) in [4.78, 5) is 12.9. The van der Waals surface area contributed by atoms with E-state index in [1.54, 1.807) is 0 Å². The van der Waals surface area contributed by atoms with Gasteiger partial charge in [-0.3, -0.25) is 4.79 Å². The van der Waals surface area contributed by atoms with E-state index in [0.717, 1.165) is 20.6 Å². The van der Waals surface area contributed by atoms with E-state index in [9.17, 15) is 4.79 Å². The molecule has 18 heavy (non-hydrogen) atoms.